The van der Waals surface area contributed by atoms with Crippen molar-refractivity contribution in [2.24, 2.45) is 0 Å². The van der Waals surface area contributed by atoms with E-state index in [0.717, 1.165) is 51.4 Å². The number of ether oxygens (including phenoxy) is 1. The van der Waals surface area contributed by atoms with E-state index in [-0.39, 0.29) is 12.1 Å². The van der Waals surface area contributed by atoms with E-state index in [0.29, 0.717) is 6.42 Å². The highest BCUT2D eigenvalue weighted by Gasteiger charge is 2.03. The van der Waals surface area contributed by atoms with Crippen LogP contribution in [0.15, 0.2) is 0 Å². The number of hydrogen-bond acceptors (Lipinski definition) is 3. The van der Waals surface area contributed by atoms with E-state index in [4.69, 9.17) is 0 Å². The standard InChI is InChI=1S/C13H26O3/c1-3-4-9-12(14)10-7-5-6-8-11-13(15)16-2/h12,14H,3-11H2,1-2H3/t12-/m1/s1. The number of rotatable bonds is 10. The molecule has 1 N–H and O–H groups in total. The van der Waals surface area contributed by atoms with Crippen LogP contribution < -0.4 is 0 Å². The Labute approximate surface area is 99.2 Å². The Morgan fingerprint density at radius 1 is 1.12 bits per heavy atom. The molecule has 3 nitrogen and oxygen atoms in total. The van der Waals surface area contributed by atoms with Gasteiger partial charge in [-0.1, -0.05) is 39.0 Å². The summed E-state index contributed by atoms with van der Waals surface area (Å²) in [5, 5.41) is 9.59. The first-order valence-electron chi connectivity index (χ1n) is 6.45. The molecular weight excluding hydrogens is 204 g/mol. The first-order valence-corrected chi connectivity index (χ1v) is 6.45. The Kier molecular flexibility index (Phi) is 10.5. The molecule has 0 unspecified atom stereocenters. The van der Waals surface area contributed by atoms with Crippen LogP contribution in [-0.4, -0.2) is 24.3 Å². The van der Waals surface area contributed by atoms with Crippen molar-refractivity contribution in [2.75, 3.05) is 7.11 Å². The molecule has 3 heteroatoms. The van der Waals surface area contributed by atoms with Gasteiger partial charge in [0.2, 0.25) is 0 Å². The Bertz CT molecular complexity index is 169. The number of unbranched alkanes of at least 4 members (excludes halogenated alkanes) is 4. The second-order valence-corrected chi connectivity index (χ2v) is 4.33. The van der Waals surface area contributed by atoms with Crippen molar-refractivity contribution >= 4 is 5.97 Å². The van der Waals surface area contributed by atoms with Crippen molar-refractivity contribution in [1.29, 1.82) is 0 Å². The van der Waals surface area contributed by atoms with Crippen molar-refractivity contribution in [3.8, 4) is 0 Å². The maximum atomic E-state index is 10.8. The molecule has 0 aromatic heterocycles. The summed E-state index contributed by atoms with van der Waals surface area (Å²) in [6.07, 6.45) is 8.60. The highest BCUT2D eigenvalue weighted by atomic mass is 16.5. The van der Waals surface area contributed by atoms with Gasteiger partial charge in [0.05, 0.1) is 13.2 Å². The third-order valence-electron chi connectivity index (χ3n) is 2.79. The molecule has 0 saturated carbocycles. The summed E-state index contributed by atoms with van der Waals surface area (Å²) >= 11 is 0. The van der Waals surface area contributed by atoms with Crippen molar-refractivity contribution in [1.82, 2.24) is 0 Å². The SMILES string of the molecule is CCCC[C@@H](O)CCCCCCC(=O)OC. The first kappa shape index (κ1) is 15.4. The number of esters is 1. The fourth-order valence-corrected chi connectivity index (χ4v) is 1.69. The third-order valence-corrected chi connectivity index (χ3v) is 2.79. The molecular formula is C13H26O3. The molecule has 0 radical (unpaired) electrons. The minimum atomic E-state index is -0.124. The molecule has 0 fully saturated rings. The molecule has 0 aliphatic heterocycles. The highest BCUT2D eigenvalue weighted by Crippen LogP contribution is 2.11. The van der Waals surface area contributed by atoms with E-state index < -0.39 is 0 Å². The summed E-state index contributed by atoms with van der Waals surface area (Å²) in [7, 11) is 1.42. The molecule has 0 aliphatic carbocycles. The second-order valence-electron chi connectivity index (χ2n) is 4.33. The van der Waals surface area contributed by atoms with Gasteiger partial charge in [0.15, 0.2) is 0 Å². The van der Waals surface area contributed by atoms with Gasteiger partial charge in [-0.15, -0.1) is 0 Å². The largest absolute Gasteiger partial charge is 0.469 e. The summed E-state index contributed by atoms with van der Waals surface area (Å²) in [6, 6.07) is 0. The zero-order valence-corrected chi connectivity index (χ0v) is 10.7. The van der Waals surface area contributed by atoms with Gasteiger partial charge in [0, 0.05) is 6.42 Å². The number of hydrogen-bond donors (Lipinski definition) is 1. The number of aliphatic hydroxyl groups is 1. The number of methoxy groups -OCH3 is 1. The van der Waals surface area contributed by atoms with Crippen molar-refractivity contribution < 1.29 is 14.6 Å². The normalized spacial score (nSPS) is 12.4. The van der Waals surface area contributed by atoms with Crippen LogP contribution in [0.1, 0.15) is 64.7 Å². The average Bonchev–Trinajstić information content (AvgIpc) is 2.30. The minimum absolute atomic E-state index is 0.122. The molecule has 0 aromatic rings. The smallest absolute Gasteiger partial charge is 0.305 e. The summed E-state index contributed by atoms with van der Waals surface area (Å²) in [5.74, 6) is -0.122. The molecule has 0 aliphatic rings. The van der Waals surface area contributed by atoms with Gasteiger partial charge < -0.3 is 9.84 Å². The fraction of sp³-hybridized carbons (Fsp3) is 0.923. The molecule has 0 bridgehead atoms. The lowest BCUT2D eigenvalue weighted by molar-refractivity contribution is -0.140. The van der Waals surface area contributed by atoms with Crippen LogP contribution in [-0.2, 0) is 9.53 Å². The maximum Gasteiger partial charge on any atom is 0.305 e. The van der Waals surface area contributed by atoms with E-state index in [1.165, 1.54) is 7.11 Å². The maximum absolute atomic E-state index is 10.8. The Balaban J connectivity index is 3.17. The lowest BCUT2D eigenvalue weighted by Gasteiger charge is -2.09. The Hall–Kier alpha value is -0.570. The minimum Gasteiger partial charge on any atom is -0.469 e. The van der Waals surface area contributed by atoms with Gasteiger partial charge in [-0.05, 0) is 19.3 Å². The van der Waals surface area contributed by atoms with Crippen LogP contribution in [0.4, 0.5) is 0 Å². The molecule has 0 heterocycles. The van der Waals surface area contributed by atoms with Crippen LogP contribution in [0, 0.1) is 0 Å². The van der Waals surface area contributed by atoms with Crippen LogP contribution >= 0.6 is 0 Å². The van der Waals surface area contributed by atoms with Gasteiger partial charge in [-0.25, -0.2) is 0 Å². The van der Waals surface area contributed by atoms with Gasteiger partial charge in [0.1, 0.15) is 0 Å². The van der Waals surface area contributed by atoms with Crippen LogP contribution in [0.2, 0.25) is 0 Å². The number of carbonyl (C=O) groups excluding carboxylic acids is 1. The molecule has 0 rings (SSSR count). The van der Waals surface area contributed by atoms with Crippen molar-refractivity contribution in [2.45, 2.75) is 70.8 Å². The summed E-state index contributed by atoms with van der Waals surface area (Å²) in [6.45, 7) is 2.14. The zero-order valence-electron chi connectivity index (χ0n) is 10.7. The lowest BCUT2D eigenvalue weighted by atomic mass is 10.0. The molecule has 0 saturated heterocycles. The second kappa shape index (κ2) is 10.9. The predicted octanol–water partition coefficient (Wildman–Crippen LogP) is 3.05. The van der Waals surface area contributed by atoms with Gasteiger partial charge in [-0.2, -0.15) is 0 Å². The van der Waals surface area contributed by atoms with E-state index in [1.54, 1.807) is 0 Å². The predicted molar refractivity (Wildman–Crippen MR) is 65.2 cm³/mol. The van der Waals surface area contributed by atoms with Crippen molar-refractivity contribution in [3.63, 3.8) is 0 Å². The third kappa shape index (κ3) is 9.97. The lowest BCUT2D eigenvalue weighted by Crippen LogP contribution is -2.05. The summed E-state index contributed by atoms with van der Waals surface area (Å²) < 4.78 is 4.56. The van der Waals surface area contributed by atoms with Gasteiger partial charge >= 0.3 is 5.97 Å². The van der Waals surface area contributed by atoms with E-state index >= 15 is 0 Å². The number of aliphatic hydroxyl groups excluding tert-OH is 1. The van der Waals surface area contributed by atoms with Gasteiger partial charge in [0.25, 0.3) is 0 Å². The van der Waals surface area contributed by atoms with Crippen molar-refractivity contribution in [3.05, 3.63) is 0 Å². The van der Waals surface area contributed by atoms with E-state index in [1.807, 2.05) is 0 Å². The Morgan fingerprint density at radius 3 is 2.38 bits per heavy atom. The van der Waals surface area contributed by atoms with E-state index in [2.05, 4.69) is 11.7 Å². The molecule has 0 aromatic carbocycles. The van der Waals surface area contributed by atoms with Crippen LogP contribution in [0.25, 0.3) is 0 Å². The first-order chi connectivity index (χ1) is 7.70. The molecule has 0 amide bonds. The monoisotopic (exact) mass is 230 g/mol. The quantitative estimate of drug-likeness (QED) is 0.463. The molecule has 1 atom stereocenters. The summed E-state index contributed by atoms with van der Waals surface area (Å²) in [4.78, 5) is 10.8. The molecule has 16 heavy (non-hydrogen) atoms. The number of carbonyl (C=O) groups is 1. The van der Waals surface area contributed by atoms with Crippen LogP contribution in [0.3, 0.4) is 0 Å². The fourth-order valence-electron chi connectivity index (χ4n) is 1.69. The topological polar surface area (TPSA) is 46.5 Å². The molecule has 0 spiro atoms. The Morgan fingerprint density at radius 2 is 1.75 bits per heavy atom. The molecule has 96 valence electrons. The van der Waals surface area contributed by atoms with Gasteiger partial charge in [-0.3, -0.25) is 4.79 Å². The zero-order chi connectivity index (χ0) is 12.2. The average molecular weight is 230 g/mol. The highest BCUT2D eigenvalue weighted by molar-refractivity contribution is 5.68. The van der Waals surface area contributed by atoms with Crippen LogP contribution in [0.5, 0.6) is 0 Å². The van der Waals surface area contributed by atoms with E-state index in [9.17, 15) is 9.90 Å². The summed E-state index contributed by atoms with van der Waals surface area (Å²) in [5.41, 5.74) is 0.